The van der Waals surface area contributed by atoms with Gasteiger partial charge in [-0.1, -0.05) is 0 Å². The first-order valence-corrected chi connectivity index (χ1v) is 6.73. The van der Waals surface area contributed by atoms with Gasteiger partial charge >= 0.3 is 0 Å². The van der Waals surface area contributed by atoms with Crippen LogP contribution in [-0.4, -0.2) is 17.9 Å². The summed E-state index contributed by atoms with van der Waals surface area (Å²) in [6, 6.07) is 7.57. The van der Waals surface area contributed by atoms with Crippen molar-refractivity contribution in [1.29, 1.82) is 5.26 Å². The molecule has 4 heteroatoms. The van der Waals surface area contributed by atoms with Crippen LogP contribution in [0.5, 0.6) is 5.75 Å². The van der Waals surface area contributed by atoms with E-state index in [1.807, 2.05) is 26.0 Å². The molecule has 1 heterocycles. The molecule has 4 nitrogen and oxygen atoms in total. The Kier molecular flexibility index (Phi) is 2.79. The minimum Gasteiger partial charge on any atom is -0.484 e. The lowest BCUT2D eigenvalue weighted by Crippen LogP contribution is -2.46. The molecule has 0 atom stereocenters. The Hall–Kier alpha value is -2.28. The summed E-state index contributed by atoms with van der Waals surface area (Å²) in [5.41, 5.74) is 2.17. The van der Waals surface area contributed by atoms with Crippen LogP contribution in [0.25, 0.3) is 0 Å². The van der Waals surface area contributed by atoms with Crippen LogP contribution in [0, 0.1) is 11.3 Å². The maximum absolute atomic E-state index is 11.5. The SMILES string of the molecule is CC1(C)CN(C2=CC(=O)CC2)c2cc(C#N)ccc2O1. The van der Waals surface area contributed by atoms with Gasteiger partial charge in [0.15, 0.2) is 5.78 Å². The van der Waals surface area contributed by atoms with E-state index in [9.17, 15) is 4.79 Å². The molecule has 1 aromatic carbocycles. The number of rotatable bonds is 1. The van der Waals surface area contributed by atoms with Crippen molar-refractivity contribution in [3.8, 4) is 11.8 Å². The van der Waals surface area contributed by atoms with Crippen LogP contribution in [0.3, 0.4) is 0 Å². The quantitative estimate of drug-likeness (QED) is 0.786. The molecule has 0 N–H and O–H groups in total. The average Bonchev–Trinajstić information content (AvgIpc) is 2.83. The highest BCUT2D eigenvalue weighted by Gasteiger charge is 2.34. The molecule has 1 aliphatic heterocycles. The first-order chi connectivity index (χ1) is 9.48. The van der Waals surface area contributed by atoms with Gasteiger partial charge in [0.05, 0.1) is 23.9 Å². The molecule has 0 radical (unpaired) electrons. The lowest BCUT2D eigenvalue weighted by Gasteiger charge is -2.41. The summed E-state index contributed by atoms with van der Waals surface area (Å²) in [6.07, 6.45) is 3.04. The summed E-state index contributed by atoms with van der Waals surface area (Å²) in [5.74, 6) is 0.933. The van der Waals surface area contributed by atoms with E-state index in [1.54, 1.807) is 12.1 Å². The van der Waals surface area contributed by atoms with Gasteiger partial charge in [0.1, 0.15) is 11.4 Å². The first-order valence-electron chi connectivity index (χ1n) is 6.73. The number of anilines is 1. The van der Waals surface area contributed by atoms with Crippen LogP contribution in [0.1, 0.15) is 32.3 Å². The largest absolute Gasteiger partial charge is 0.484 e. The molecule has 0 unspecified atom stereocenters. The van der Waals surface area contributed by atoms with Crippen molar-refractivity contribution < 1.29 is 9.53 Å². The van der Waals surface area contributed by atoms with Crippen LogP contribution in [-0.2, 0) is 4.79 Å². The third kappa shape index (κ3) is 2.16. The predicted molar refractivity (Wildman–Crippen MR) is 75.5 cm³/mol. The number of carbonyl (C=O) groups is 1. The molecule has 1 aromatic rings. The number of nitrogens with zero attached hydrogens (tertiary/aromatic N) is 2. The normalized spacial score (nSPS) is 19.9. The van der Waals surface area contributed by atoms with Crippen molar-refractivity contribution in [2.24, 2.45) is 0 Å². The molecule has 102 valence electrons. The third-order valence-corrected chi connectivity index (χ3v) is 3.61. The fourth-order valence-electron chi connectivity index (χ4n) is 2.73. The summed E-state index contributed by atoms with van der Waals surface area (Å²) in [6.45, 7) is 4.73. The van der Waals surface area contributed by atoms with Gasteiger partial charge in [-0.05, 0) is 38.5 Å². The van der Waals surface area contributed by atoms with Crippen LogP contribution in [0.2, 0.25) is 0 Å². The zero-order chi connectivity index (χ0) is 14.3. The van der Waals surface area contributed by atoms with Crippen LogP contribution < -0.4 is 9.64 Å². The van der Waals surface area contributed by atoms with Crippen molar-refractivity contribution in [3.05, 3.63) is 35.5 Å². The number of fused-ring (bicyclic) bond motifs is 1. The van der Waals surface area contributed by atoms with Crippen molar-refractivity contribution in [1.82, 2.24) is 0 Å². The molecule has 20 heavy (non-hydrogen) atoms. The molecular weight excluding hydrogens is 252 g/mol. The first kappa shape index (κ1) is 12.7. The number of nitriles is 1. The van der Waals surface area contributed by atoms with E-state index < -0.39 is 0 Å². The minimum absolute atomic E-state index is 0.169. The van der Waals surface area contributed by atoms with E-state index in [2.05, 4.69) is 11.0 Å². The second kappa shape index (κ2) is 4.38. The maximum Gasteiger partial charge on any atom is 0.157 e. The number of hydrogen-bond donors (Lipinski definition) is 0. The fourth-order valence-corrected chi connectivity index (χ4v) is 2.73. The van der Waals surface area contributed by atoms with Gasteiger partial charge in [-0.25, -0.2) is 0 Å². The zero-order valence-corrected chi connectivity index (χ0v) is 11.6. The Morgan fingerprint density at radius 1 is 1.35 bits per heavy atom. The number of carbonyl (C=O) groups excluding carboxylic acids is 1. The fraction of sp³-hybridized carbons (Fsp3) is 0.375. The molecule has 1 aliphatic carbocycles. The van der Waals surface area contributed by atoms with Crippen molar-refractivity contribution in [2.75, 3.05) is 11.4 Å². The Balaban J connectivity index is 2.09. The monoisotopic (exact) mass is 268 g/mol. The van der Waals surface area contributed by atoms with Crippen molar-refractivity contribution in [3.63, 3.8) is 0 Å². The highest BCUT2D eigenvalue weighted by Crippen LogP contribution is 2.41. The number of allylic oxidation sites excluding steroid dienone is 2. The Morgan fingerprint density at radius 2 is 2.15 bits per heavy atom. The molecule has 0 spiro atoms. The average molecular weight is 268 g/mol. The summed E-state index contributed by atoms with van der Waals surface area (Å²) in [4.78, 5) is 13.6. The highest BCUT2D eigenvalue weighted by molar-refractivity contribution is 5.94. The Labute approximate surface area is 118 Å². The lowest BCUT2D eigenvalue weighted by atomic mass is 10.0. The van der Waals surface area contributed by atoms with Gasteiger partial charge in [-0.2, -0.15) is 5.26 Å². The summed E-state index contributed by atoms with van der Waals surface area (Å²) >= 11 is 0. The maximum atomic E-state index is 11.5. The Bertz CT molecular complexity index is 653. The van der Waals surface area contributed by atoms with E-state index in [1.165, 1.54) is 0 Å². The van der Waals surface area contributed by atoms with E-state index >= 15 is 0 Å². The summed E-state index contributed by atoms with van der Waals surface area (Å²) in [7, 11) is 0. The molecule has 0 aromatic heterocycles. The summed E-state index contributed by atoms with van der Waals surface area (Å²) in [5, 5.41) is 9.06. The zero-order valence-electron chi connectivity index (χ0n) is 11.6. The summed E-state index contributed by atoms with van der Waals surface area (Å²) < 4.78 is 5.97. The Morgan fingerprint density at radius 3 is 2.80 bits per heavy atom. The molecule has 0 saturated heterocycles. The van der Waals surface area contributed by atoms with E-state index in [4.69, 9.17) is 10.00 Å². The molecule has 0 saturated carbocycles. The van der Waals surface area contributed by atoms with Gasteiger partial charge in [-0.3, -0.25) is 4.79 Å². The van der Waals surface area contributed by atoms with Crippen LogP contribution in [0.4, 0.5) is 5.69 Å². The standard InChI is InChI=1S/C16H16N2O2/c1-16(2)10-18(12-4-5-13(19)8-12)14-7-11(9-17)3-6-15(14)20-16/h3,6-8H,4-5,10H2,1-2H3. The smallest absolute Gasteiger partial charge is 0.157 e. The number of hydrogen-bond acceptors (Lipinski definition) is 4. The van der Waals surface area contributed by atoms with E-state index in [0.29, 0.717) is 18.5 Å². The predicted octanol–water partition coefficient (Wildman–Crippen LogP) is 2.78. The van der Waals surface area contributed by atoms with Crippen LogP contribution in [0.15, 0.2) is 30.0 Å². The molecule has 3 rings (SSSR count). The van der Waals surface area contributed by atoms with Gasteiger partial charge in [0.25, 0.3) is 0 Å². The second-order valence-corrected chi connectivity index (χ2v) is 5.84. The number of ketones is 1. The molecule has 0 amide bonds. The highest BCUT2D eigenvalue weighted by atomic mass is 16.5. The van der Waals surface area contributed by atoms with Gasteiger partial charge in [0, 0.05) is 18.2 Å². The molecule has 0 fully saturated rings. The molecule has 2 aliphatic rings. The number of ether oxygens (including phenoxy) is 1. The van der Waals surface area contributed by atoms with E-state index in [-0.39, 0.29) is 11.4 Å². The molecular formula is C16H16N2O2. The molecule has 0 bridgehead atoms. The third-order valence-electron chi connectivity index (χ3n) is 3.61. The van der Waals surface area contributed by atoms with Gasteiger partial charge in [-0.15, -0.1) is 0 Å². The lowest BCUT2D eigenvalue weighted by molar-refractivity contribution is -0.114. The van der Waals surface area contributed by atoms with Gasteiger partial charge < -0.3 is 9.64 Å². The van der Waals surface area contributed by atoms with Crippen molar-refractivity contribution >= 4 is 11.5 Å². The van der Waals surface area contributed by atoms with Crippen molar-refractivity contribution in [2.45, 2.75) is 32.3 Å². The minimum atomic E-state index is -0.326. The topological polar surface area (TPSA) is 53.3 Å². The van der Waals surface area contributed by atoms with Crippen LogP contribution >= 0.6 is 0 Å². The van der Waals surface area contributed by atoms with E-state index in [0.717, 1.165) is 23.6 Å². The number of benzene rings is 1. The van der Waals surface area contributed by atoms with Gasteiger partial charge in [0.2, 0.25) is 0 Å². The second-order valence-electron chi connectivity index (χ2n) is 5.84.